The highest BCUT2D eigenvalue weighted by atomic mass is 32.1. The Morgan fingerprint density at radius 2 is 1.67 bits per heavy atom. The van der Waals surface area contributed by atoms with Crippen LogP contribution in [0, 0.1) is 13.8 Å². The van der Waals surface area contributed by atoms with Crippen LogP contribution in [0.4, 0.5) is 5.69 Å². The highest BCUT2D eigenvalue weighted by Gasteiger charge is 2.43. The second-order valence-corrected chi connectivity index (χ2v) is 8.55. The average molecular weight is 455 g/mol. The van der Waals surface area contributed by atoms with Crippen LogP contribution in [0.3, 0.4) is 0 Å². The topological polar surface area (TPSA) is 42.3 Å². The minimum absolute atomic E-state index is 0.0904. The van der Waals surface area contributed by atoms with Crippen molar-refractivity contribution in [2.75, 3.05) is 12.0 Å². The summed E-state index contributed by atoms with van der Waals surface area (Å²) < 4.78 is 8.01. The molecule has 4 aromatic rings. The van der Waals surface area contributed by atoms with E-state index in [2.05, 4.69) is 76.1 Å². The third-order valence-electron chi connectivity index (χ3n) is 6.25. The summed E-state index contributed by atoms with van der Waals surface area (Å²) in [5, 5.41) is 4.20. The van der Waals surface area contributed by atoms with Crippen molar-refractivity contribution in [1.82, 2.24) is 14.9 Å². The van der Waals surface area contributed by atoms with Crippen molar-refractivity contribution in [3.8, 4) is 11.4 Å². The fourth-order valence-electron chi connectivity index (χ4n) is 4.82. The van der Waals surface area contributed by atoms with E-state index < -0.39 is 0 Å². The van der Waals surface area contributed by atoms with Gasteiger partial charge < -0.3 is 19.5 Å². The third-order valence-corrected chi connectivity index (χ3v) is 6.56. The second-order valence-electron chi connectivity index (χ2n) is 8.17. The molecule has 0 radical (unpaired) electrons. The van der Waals surface area contributed by atoms with Gasteiger partial charge in [0, 0.05) is 23.3 Å². The summed E-state index contributed by atoms with van der Waals surface area (Å²) in [5.74, 6) is 0.783. The normalized spacial score (nSPS) is 17.8. The van der Waals surface area contributed by atoms with Crippen molar-refractivity contribution in [3.63, 3.8) is 0 Å². The van der Waals surface area contributed by atoms with Crippen LogP contribution in [0.25, 0.3) is 5.69 Å². The molecule has 2 aromatic carbocycles. The number of nitrogens with zero attached hydrogens (tertiary/aromatic N) is 3. The van der Waals surface area contributed by atoms with Gasteiger partial charge in [-0.3, -0.25) is 4.98 Å². The van der Waals surface area contributed by atoms with Gasteiger partial charge in [0.15, 0.2) is 5.11 Å². The van der Waals surface area contributed by atoms with E-state index in [-0.39, 0.29) is 12.1 Å². The van der Waals surface area contributed by atoms with E-state index in [1.165, 1.54) is 17.0 Å². The van der Waals surface area contributed by atoms with Crippen LogP contribution in [0.5, 0.6) is 5.75 Å². The number of hydrogen-bond acceptors (Lipinski definition) is 3. The largest absolute Gasteiger partial charge is 0.495 e. The van der Waals surface area contributed by atoms with E-state index in [0.717, 1.165) is 22.8 Å². The monoisotopic (exact) mass is 454 g/mol. The van der Waals surface area contributed by atoms with Crippen molar-refractivity contribution < 1.29 is 4.74 Å². The standard InChI is InChI=1S/C27H26N4OS/c1-18-17-21(19(2)30(18)20-11-5-4-6-12-20)26-25(22-13-9-10-16-28-22)29-27(33)31(26)23-14-7-8-15-24(23)32-3/h4-17,25-26H,1-3H3,(H,29,33)/t25-,26+/m0/s1. The van der Waals surface area contributed by atoms with Gasteiger partial charge in [0.05, 0.1) is 30.6 Å². The number of para-hydroxylation sites is 3. The first kappa shape index (κ1) is 21.2. The van der Waals surface area contributed by atoms with E-state index in [1.54, 1.807) is 7.11 Å². The number of aryl methyl sites for hydroxylation is 1. The molecule has 0 aliphatic carbocycles. The second kappa shape index (κ2) is 8.71. The van der Waals surface area contributed by atoms with Gasteiger partial charge in [-0.25, -0.2) is 0 Å². The van der Waals surface area contributed by atoms with Crippen LogP contribution >= 0.6 is 12.2 Å². The molecule has 5 nitrogen and oxygen atoms in total. The molecule has 5 rings (SSSR count). The molecule has 1 saturated heterocycles. The number of rotatable bonds is 5. The number of anilines is 1. The van der Waals surface area contributed by atoms with Gasteiger partial charge in [-0.15, -0.1) is 0 Å². The molecule has 1 aliphatic rings. The van der Waals surface area contributed by atoms with E-state index in [0.29, 0.717) is 5.11 Å². The van der Waals surface area contributed by atoms with Crippen molar-refractivity contribution >= 4 is 23.0 Å². The predicted octanol–water partition coefficient (Wildman–Crippen LogP) is 5.67. The van der Waals surface area contributed by atoms with E-state index in [4.69, 9.17) is 17.0 Å². The average Bonchev–Trinajstić information content (AvgIpc) is 3.35. The van der Waals surface area contributed by atoms with Crippen LogP contribution in [0.2, 0.25) is 0 Å². The molecule has 2 atom stereocenters. The summed E-state index contributed by atoms with van der Waals surface area (Å²) in [6.07, 6.45) is 1.83. The lowest BCUT2D eigenvalue weighted by Gasteiger charge is -2.29. The predicted molar refractivity (Wildman–Crippen MR) is 136 cm³/mol. The molecule has 3 heterocycles. The summed E-state index contributed by atoms with van der Waals surface area (Å²) in [6.45, 7) is 4.32. The zero-order valence-corrected chi connectivity index (χ0v) is 19.7. The van der Waals surface area contributed by atoms with Crippen molar-refractivity contribution in [2.45, 2.75) is 25.9 Å². The maximum Gasteiger partial charge on any atom is 0.174 e. The number of thiocarbonyl (C=S) groups is 1. The lowest BCUT2D eigenvalue weighted by molar-refractivity contribution is 0.414. The molecule has 6 heteroatoms. The van der Waals surface area contributed by atoms with Crippen molar-refractivity contribution in [1.29, 1.82) is 0 Å². The van der Waals surface area contributed by atoms with Gasteiger partial charge in [-0.1, -0.05) is 36.4 Å². The fraction of sp³-hybridized carbons (Fsp3) is 0.185. The van der Waals surface area contributed by atoms with Gasteiger partial charge in [-0.2, -0.15) is 0 Å². The van der Waals surface area contributed by atoms with Crippen LogP contribution in [-0.4, -0.2) is 21.8 Å². The number of pyridine rings is 1. The van der Waals surface area contributed by atoms with Crippen molar-refractivity contribution in [3.05, 3.63) is 108 Å². The third kappa shape index (κ3) is 3.66. The number of hydrogen-bond donors (Lipinski definition) is 1. The van der Waals surface area contributed by atoms with Gasteiger partial charge >= 0.3 is 0 Å². The molecule has 166 valence electrons. The molecule has 1 aliphatic heterocycles. The fourth-order valence-corrected chi connectivity index (χ4v) is 5.16. The molecule has 0 saturated carbocycles. The molecule has 2 aromatic heterocycles. The molecule has 33 heavy (non-hydrogen) atoms. The Kier molecular flexibility index (Phi) is 5.60. The highest BCUT2D eigenvalue weighted by Crippen LogP contribution is 2.46. The Hall–Kier alpha value is -3.64. The zero-order valence-electron chi connectivity index (χ0n) is 18.9. The number of ether oxygens (including phenoxy) is 1. The lowest BCUT2D eigenvalue weighted by Crippen LogP contribution is -2.30. The number of benzene rings is 2. The maximum atomic E-state index is 5.89. The minimum atomic E-state index is -0.103. The van der Waals surface area contributed by atoms with Gasteiger partial charge in [0.25, 0.3) is 0 Å². The summed E-state index contributed by atoms with van der Waals surface area (Å²) in [5.41, 5.74) is 6.58. The molecule has 0 amide bonds. The first-order valence-corrected chi connectivity index (χ1v) is 11.4. The summed E-state index contributed by atoms with van der Waals surface area (Å²) in [4.78, 5) is 6.84. The van der Waals surface area contributed by atoms with E-state index in [1.807, 2.05) is 42.6 Å². The molecule has 0 unspecified atom stereocenters. The summed E-state index contributed by atoms with van der Waals surface area (Å²) in [7, 11) is 1.69. The zero-order chi connectivity index (χ0) is 22.9. The van der Waals surface area contributed by atoms with Crippen molar-refractivity contribution in [2.24, 2.45) is 0 Å². The molecule has 0 spiro atoms. The first-order chi connectivity index (χ1) is 16.1. The van der Waals surface area contributed by atoms with Crippen LogP contribution in [-0.2, 0) is 0 Å². The van der Waals surface area contributed by atoms with Gasteiger partial charge in [0.2, 0.25) is 0 Å². The maximum absolute atomic E-state index is 5.89. The highest BCUT2D eigenvalue weighted by molar-refractivity contribution is 7.80. The quantitative estimate of drug-likeness (QED) is 0.393. The van der Waals surface area contributed by atoms with Crippen LogP contribution in [0.15, 0.2) is 85.1 Å². The Balaban J connectivity index is 1.71. The lowest BCUT2D eigenvalue weighted by atomic mass is 9.96. The summed E-state index contributed by atoms with van der Waals surface area (Å²) in [6, 6.07) is 26.5. The Morgan fingerprint density at radius 3 is 2.39 bits per heavy atom. The van der Waals surface area contributed by atoms with E-state index >= 15 is 0 Å². The Labute approximate surface area is 199 Å². The molecule has 1 N–H and O–H groups in total. The molecular weight excluding hydrogens is 428 g/mol. The number of methoxy groups -OCH3 is 1. The number of nitrogens with one attached hydrogen (secondary N) is 1. The molecule has 0 bridgehead atoms. The minimum Gasteiger partial charge on any atom is -0.495 e. The van der Waals surface area contributed by atoms with Crippen LogP contribution in [0.1, 0.15) is 34.7 Å². The number of aromatic nitrogens is 2. The van der Waals surface area contributed by atoms with E-state index in [9.17, 15) is 0 Å². The van der Waals surface area contributed by atoms with Gasteiger partial charge in [-0.05, 0) is 74.1 Å². The Bertz CT molecular complexity index is 1290. The smallest absolute Gasteiger partial charge is 0.174 e. The Morgan fingerprint density at radius 1 is 0.939 bits per heavy atom. The first-order valence-electron chi connectivity index (χ1n) is 11.0. The molecular formula is C27H26N4OS. The van der Waals surface area contributed by atoms with Crippen LogP contribution < -0.4 is 15.0 Å². The van der Waals surface area contributed by atoms with Gasteiger partial charge in [0.1, 0.15) is 5.75 Å². The summed E-state index contributed by atoms with van der Waals surface area (Å²) >= 11 is 5.89. The SMILES string of the molecule is COc1ccccc1N1C(=S)N[C@@H](c2ccccn2)[C@H]1c1cc(C)n(-c2ccccc2)c1C. The molecule has 1 fully saturated rings.